The average molecular weight is 308 g/mol. The minimum atomic E-state index is -0.761. The molecule has 4 nitrogen and oxygen atoms in total. The Labute approximate surface area is 131 Å². The third kappa shape index (κ3) is 3.64. The number of aryl methyl sites for hydroxylation is 2. The summed E-state index contributed by atoms with van der Waals surface area (Å²) >= 11 is 6.23. The molecule has 1 unspecified atom stereocenters. The fourth-order valence-corrected chi connectivity index (χ4v) is 2.64. The lowest BCUT2D eigenvalue weighted by Crippen LogP contribution is -2.21. The standard InChI is InChI=1S/C16H22ClN3O/c1-11-5-6-13(12(2)9-11)16(21)15-14(17)10-18-20(15)8-7-19(3)4/h5-6,9-10,16,21H,7-8H2,1-4H3. The van der Waals surface area contributed by atoms with Crippen molar-refractivity contribution in [3.8, 4) is 0 Å². The second kappa shape index (κ2) is 6.60. The second-order valence-corrected chi connectivity index (χ2v) is 6.07. The summed E-state index contributed by atoms with van der Waals surface area (Å²) in [4.78, 5) is 2.07. The van der Waals surface area contributed by atoms with Gasteiger partial charge in [-0.2, -0.15) is 5.10 Å². The summed E-state index contributed by atoms with van der Waals surface area (Å²) in [5, 5.41) is 15.5. The van der Waals surface area contributed by atoms with E-state index in [9.17, 15) is 5.11 Å². The van der Waals surface area contributed by atoms with Crippen LogP contribution < -0.4 is 0 Å². The van der Waals surface area contributed by atoms with Crippen molar-refractivity contribution in [1.82, 2.24) is 14.7 Å². The van der Waals surface area contributed by atoms with Crippen molar-refractivity contribution in [3.05, 3.63) is 51.8 Å². The van der Waals surface area contributed by atoms with Crippen LogP contribution in [-0.4, -0.2) is 40.4 Å². The highest BCUT2D eigenvalue weighted by atomic mass is 35.5. The first-order chi connectivity index (χ1) is 9.90. The molecular formula is C16H22ClN3O. The molecule has 2 rings (SSSR count). The lowest BCUT2D eigenvalue weighted by atomic mass is 9.99. The zero-order chi connectivity index (χ0) is 15.6. The highest BCUT2D eigenvalue weighted by Gasteiger charge is 2.21. The third-order valence-corrected chi connectivity index (χ3v) is 3.86. The molecule has 0 amide bonds. The van der Waals surface area contributed by atoms with Crippen LogP contribution in [0.15, 0.2) is 24.4 Å². The maximum atomic E-state index is 10.7. The van der Waals surface area contributed by atoms with E-state index in [0.717, 1.165) is 17.7 Å². The maximum Gasteiger partial charge on any atom is 0.122 e. The van der Waals surface area contributed by atoms with E-state index in [2.05, 4.69) is 16.1 Å². The third-order valence-electron chi connectivity index (χ3n) is 3.57. The first kappa shape index (κ1) is 16.0. The van der Waals surface area contributed by atoms with Crippen molar-refractivity contribution in [2.24, 2.45) is 0 Å². The molecular weight excluding hydrogens is 286 g/mol. The summed E-state index contributed by atoms with van der Waals surface area (Å²) in [6.07, 6.45) is 0.835. The largest absolute Gasteiger partial charge is 0.382 e. The monoisotopic (exact) mass is 307 g/mol. The Morgan fingerprint density at radius 3 is 2.67 bits per heavy atom. The van der Waals surface area contributed by atoms with Gasteiger partial charge >= 0.3 is 0 Å². The summed E-state index contributed by atoms with van der Waals surface area (Å²) in [5.74, 6) is 0. The zero-order valence-electron chi connectivity index (χ0n) is 13.0. The molecule has 0 radical (unpaired) electrons. The van der Waals surface area contributed by atoms with Gasteiger partial charge in [-0.05, 0) is 39.1 Å². The van der Waals surface area contributed by atoms with E-state index in [-0.39, 0.29) is 0 Å². The summed E-state index contributed by atoms with van der Waals surface area (Å²) < 4.78 is 1.78. The Morgan fingerprint density at radius 1 is 1.33 bits per heavy atom. The number of hydrogen-bond acceptors (Lipinski definition) is 3. The number of likely N-dealkylation sites (N-methyl/N-ethyl adjacent to an activating group) is 1. The quantitative estimate of drug-likeness (QED) is 0.923. The SMILES string of the molecule is Cc1ccc(C(O)c2c(Cl)cnn2CCN(C)C)c(C)c1. The van der Waals surface area contributed by atoms with Gasteiger partial charge in [0.15, 0.2) is 0 Å². The smallest absolute Gasteiger partial charge is 0.122 e. The van der Waals surface area contributed by atoms with Crippen molar-refractivity contribution in [2.45, 2.75) is 26.5 Å². The Hall–Kier alpha value is -1.36. The molecule has 1 aromatic carbocycles. The average Bonchev–Trinajstić information content (AvgIpc) is 2.77. The zero-order valence-corrected chi connectivity index (χ0v) is 13.7. The van der Waals surface area contributed by atoms with Gasteiger partial charge in [0.1, 0.15) is 6.10 Å². The number of halogens is 1. The van der Waals surface area contributed by atoms with E-state index in [0.29, 0.717) is 17.3 Å². The van der Waals surface area contributed by atoms with Gasteiger partial charge in [-0.15, -0.1) is 0 Å². The predicted octanol–water partition coefficient (Wildman–Crippen LogP) is 2.80. The number of aliphatic hydroxyl groups excluding tert-OH is 1. The van der Waals surface area contributed by atoms with Crippen molar-refractivity contribution in [3.63, 3.8) is 0 Å². The normalized spacial score (nSPS) is 12.9. The van der Waals surface area contributed by atoms with Crippen LogP contribution in [0.1, 0.15) is 28.5 Å². The van der Waals surface area contributed by atoms with Gasteiger partial charge < -0.3 is 10.0 Å². The molecule has 21 heavy (non-hydrogen) atoms. The fourth-order valence-electron chi connectivity index (χ4n) is 2.40. The number of nitrogens with zero attached hydrogens (tertiary/aromatic N) is 3. The van der Waals surface area contributed by atoms with E-state index in [1.54, 1.807) is 10.9 Å². The first-order valence-electron chi connectivity index (χ1n) is 7.01. The predicted molar refractivity (Wildman–Crippen MR) is 85.8 cm³/mol. The van der Waals surface area contributed by atoms with Gasteiger partial charge in [0.05, 0.1) is 23.5 Å². The molecule has 2 aromatic rings. The first-order valence-corrected chi connectivity index (χ1v) is 7.39. The van der Waals surface area contributed by atoms with E-state index in [1.807, 2.05) is 40.1 Å². The molecule has 114 valence electrons. The van der Waals surface area contributed by atoms with Gasteiger partial charge in [-0.1, -0.05) is 35.4 Å². The van der Waals surface area contributed by atoms with Crippen molar-refractivity contribution in [1.29, 1.82) is 0 Å². The molecule has 0 bridgehead atoms. The van der Waals surface area contributed by atoms with Gasteiger partial charge in [-0.3, -0.25) is 4.68 Å². The van der Waals surface area contributed by atoms with Gasteiger partial charge in [0, 0.05) is 6.54 Å². The molecule has 5 heteroatoms. The number of hydrogen-bond donors (Lipinski definition) is 1. The lowest BCUT2D eigenvalue weighted by Gasteiger charge is -2.18. The molecule has 1 aromatic heterocycles. The Balaban J connectivity index is 2.34. The number of aliphatic hydroxyl groups is 1. The summed E-state index contributed by atoms with van der Waals surface area (Å²) in [6.45, 7) is 5.57. The Bertz CT molecular complexity index is 622. The minimum Gasteiger partial charge on any atom is -0.382 e. The molecule has 0 saturated carbocycles. The van der Waals surface area contributed by atoms with Crippen molar-refractivity contribution in [2.75, 3.05) is 20.6 Å². The Kier molecular flexibility index (Phi) is 5.04. The highest BCUT2D eigenvalue weighted by Crippen LogP contribution is 2.30. The molecule has 0 aliphatic rings. The summed E-state index contributed by atoms with van der Waals surface area (Å²) in [7, 11) is 4.01. The minimum absolute atomic E-state index is 0.501. The van der Waals surface area contributed by atoms with Gasteiger partial charge in [0.2, 0.25) is 0 Å². The van der Waals surface area contributed by atoms with Gasteiger partial charge in [0.25, 0.3) is 0 Å². The molecule has 0 aliphatic heterocycles. The van der Waals surface area contributed by atoms with Crippen LogP contribution in [0.2, 0.25) is 5.02 Å². The molecule has 1 atom stereocenters. The topological polar surface area (TPSA) is 41.3 Å². The molecule has 0 fully saturated rings. The second-order valence-electron chi connectivity index (χ2n) is 5.67. The summed E-state index contributed by atoms with van der Waals surface area (Å²) in [6, 6.07) is 6.02. The molecule has 0 spiro atoms. The molecule has 1 N–H and O–H groups in total. The van der Waals surface area contributed by atoms with Crippen LogP contribution >= 0.6 is 11.6 Å². The van der Waals surface area contributed by atoms with Crippen molar-refractivity contribution < 1.29 is 5.11 Å². The lowest BCUT2D eigenvalue weighted by molar-refractivity contribution is 0.205. The molecule has 1 heterocycles. The molecule has 0 aliphatic carbocycles. The van der Waals surface area contributed by atoms with Crippen LogP contribution in [0.5, 0.6) is 0 Å². The van der Waals surface area contributed by atoms with Crippen LogP contribution in [0.4, 0.5) is 0 Å². The van der Waals surface area contributed by atoms with Gasteiger partial charge in [-0.25, -0.2) is 0 Å². The summed E-state index contributed by atoms with van der Waals surface area (Å²) in [5.41, 5.74) is 3.76. The molecule has 0 saturated heterocycles. The van der Waals surface area contributed by atoms with Crippen molar-refractivity contribution >= 4 is 11.6 Å². The van der Waals surface area contributed by atoms with Crippen LogP contribution in [-0.2, 0) is 6.54 Å². The Morgan fingerprint density at radius 2 is 2.05 bits per heavy atom. The fraction of sp³-hybridized carbons (Fsp3) is 0.438. The number of rotatable bonds is 5. The number of benzene rings is 1. The van der Waals surface area contributed by atoms with E-state index in [4.69, 9.17) is 11.6 Å². The van der Waals surface area contributed by atoms with E-state index >= 15 is 0 Å². The van der Waals surface area contributed by atoms with E-state index < -0.39 is 6.10 Å². The van der Waals surface area contributed by atoms with Crippen LogP contribution in [0.25, 0.3) is 0 Å². The highest BCUT2D eigenvalue weighted by molar-refractivity contribution is 6.31. The van der Waals surface area contributed by atoms with Crippen LogP contribution in [0, 0.1) is 13.8 Å². The van der Waals surface area contributed by atoms with Crippen LogP contribution in [0.3, 0.4) is 0 Å². The number of aromatic nitrogens is 2. The maximum absolute atomic E-state index is 10.7. The van der Waals surface area contributed by atoms with E-state index in [1.165, 1.54) is 5.56 Å².